The van der Waals surface area contributed by atoms with Crippen molar-refractivity contribution in [2.45, 2.75) is 12.5 Å². The normalized spacial score (nSPS) is 19.5. The first kappa shape index (κ1) is 19.8. The number of nitrogens with one attached hydrogen (secondary N) is 1. The van der Waals surface area contributed by atoms with E-state index in [4.69, 9.17) is 0 Å². The average molecular weight is 384 g/mol. The molecule has 3 rings (SSSR count). The quantitative estimate of drug-likeness (QED) is 0.434. The molecular weight excluding hydrogens is 361 g/mol. The highest BCUT2D eigenvalue weighted by molar-refractivity contribution is 6.44. The van der Waals surface area contributed by atoms with Crippen LogP contribution in [0.1, 0.15) is 28.5 Å². The molecule has 146 valence electrons. The first-order valence-electron chi connectivity index (χ1n) is 9.24. The summed E-state index contributed by atoms with van der Waals surface area (Å²) in [6.45, 7) is 1.19. The SMILES string of the molecule is C[NH+](C)CCCN1C(=O)C(=O)C(C(=O)c2ccc(F)cc2)C1c1ccccn1. The fourth-order valence-electron chi connectivity index (χ4n) is 3.51. The van der Waals surface area contributed by atoms with Gasteiger partial charge in [-0.3, -0.25) is 19.4 Å². The van der Waals surface area contributed by atoms with Crippen molar-refractivity contribution in [3.63, 3.8) is 0 Å². The van der Waals surface area contributed by atoms with E-state index >= 15 is 0 Å². The van der Waals surface area contributed by atoms with E-state index in [9.17, 15) is 18.8 Å². The van der Waals surface area contributed by atoms with Crippen LogP contribution in [0, 0.1) is 11.7 Å². The van der Waals surface area contributed by atoms with Crippen LogP contribution in [-0.4, -0.2) is 54.5 Å². The van der Waals surface area contributed by atoms with Crippen molar-refractivity contribution in [3.8, 4) is 0 Å². The summed E-state index contributed by atoms with van der Waals surface area (Å²) < 4.78 is 13.2. The number of rotatable bonds is 7. The number of nitrogens with zero attached hydrogens (tertiary/aromatic N) is 2. The molecule has 1 aromatic carbocycles. The monoisotopic (exact) mass is 384 g/mol. The van der Waals surface area contributed by atoms with Crippen molar-refractivity contribution >= 4 is 17.5 Å². The van der Waals surface area contributed by atoms with Crippen LogP contribution >= 0.6 is 0 Å². The lowest BCUT2D eigenvalue weighted by molar-refractivity contribution is -0.858. The van der Waals surface area contributed by atoms with Gasteiger partial charge in [0.15, 0.2) is 5.78 Å². The summed E-state index contributed by atoms with van der Waals surface area (Å²) in [7, 11) is 4.02. The fraction of sp³-hybridized carbons (Fsp3) is 0.333. The molecule has 2 unspecified atom stereocenters. The molecule has 0 radical (unpaired) electrons. The lowest BCUT2D eigenvalue weighted by Crippen LogP contribution is -3.05. The summed E-state index contributed by atoms with van der Waals surface area (Å²) >= 11 is 0. The summed E-state index contributed by atoms with van der Waals surface area (Å²) in [5.41, 5.74) is 0.701. The fourth-order valence-corrected chi connectivity index (χ4v) is 3.51. The largest absolute Gasteiger partial charge is 0.340 e. The van der Waals surface area contributed by atoms with Gasteiger partial charge in [-0.2, -0.15) is 0 Å². The molecular formula is C21H23FN3O3+. The standard InChI is InChI=1S/C21H22FN3O3/c1-24(2)12-5-13-25-18(16-6-3-4-11-23-16)17(20(27)21(25)28)19(26)14-7-9-15(22)10-8-14/h3-4,6-11,17-18H,5,12-13H2,1-2H3/p+1. The minimum absolute atomic E-state index is 0.202. The van der Waals surface area contributed by atoms with Gasteiger partial charge in [-0.15, -0.1) is 0 Å². The number of hydrogen-bond donors (Lipinski definition) is 1. The summed E-state index contributed by atoms with van der Waals surface area (Å²) in [5.74, 6) is -3.54. The van der Waals surface area contributed by atoms with Crippen molar-refractivity contribution in [1.82, 2.24) is 9.88 Å². The molecule has 0 spiro atoms. The van der Waals surface area contributed by atoms with Crippen LogP contribution in [-0.2, 0) is 9.59 Å². The summed E-state index contributed by atoms with van der Waals surface area (Å²) in [6.07, 6.45) is 2.27. The molecule has 0 saturated carbocycles. The number of benzene rings is 1. The van der Waals surface area contributed by atoms with Crippen LogP contribution in [0.2, 0.25) is 0 Å². The molecule has 2 aromatic rings. The smallest absolute Gasteiger partial charge is 0.291 e. The van der Waals surface area contributed by atoms with Gasteiger partial charge < -0.3 is 9.80 Å². The Morgan fingerprint density at radius 1 is 1.14 bits per heavy atom. The second-order valence-electron chi connectivity index (χ2n) is 7.22. The van der Waals surface area contributed by atoms with E-state index in [1.165, 1.54) is 34.1 Å². The van der Waals surface area contributed by atoms with Gasteiger partial charge in [0.2, 0.25) is 5.78 Å². The van der Waals surface area contributed by atoms with Crippen molar-refractivity contribution in [2.24, 2.45) is 5.92 Å². The van der Waals surface area contributed by atoms with Crippen LogP contribution in [0.4, 0.5) is 4.39 Å². The molecule has 6 nitrogen and oxygen atoms in total. The summed E-state index contributed by atoms with van der Waals surface area (Å²) in [4.78, 5) is 45.5. The minimum atomic E-state index is -1.18. The zero-order valence-electron chi connectivity index (χ0n) is 15.9. The summed E-state index contributed by atoms with van der Waals surface area (Å²) in [6, 6.07) is 9.47. The molecule has 2 heterocycles. The third-order valence-corrected chi connectivity index (χ3v) is 4.88. The molecule has 0 aliphatic carbocycles. The predicted octanol–water partition coefficient (Wildman–Crippen LogP) is 0.707. The highest BCUT2D eigenvalue weighted by Gasteiger charge is 2.52. The van der Waals surface area contributed by atoms with E-state index < -0.39 is 35.3 Å². The van der Waals surface area contributed by atoms with Crippen molar-refractivity contribution in [1.29, 1.82) is 0 Å². The van der Waals surface area contributed by atoms with Crippen LogP contribution in [0.3, 0.4) is 0 Å². The maximum absolute atomic E-state index is 13.2. The van der Waals surface area contributed by atoms with E-state index in [0.717, 1.165) is 6.54 Å². The lowest BCUT2D eigenvalue weighted by atomic mass is 9.88. The second-order valence-corrected chi connectivity index (χ2v) is 7.22. The Labute approximate surface area is 163 Å². The van der Waals surface area contributed by atoms with Gasteiger partial charge in [-0.05, 0) is 36.4 Å². The van der Waals surface area contributed by atoms with Crippen LogP contribution in [0.25, 0.3) is 0 Å². The number of Topliss-reactive ketones (excluding diaryl/α,β-unsaturated/α-hetero) is 2. The third kappa shape index (κ3) is 3.99. The van der Waals surface area contributed by atoms with Crippen LogP contribution < -0.4 is 4.90 Å². The van der Waals surface area contributed by atoms with Crippen LogP contribution in [0.5, 0.6) is 0 Å². The first-order chi connectivity index (χ1) is 13.4. The molecule has 1 N–H and O–H groups in total. The van der Waals surface area contributed by atoms with Gasteiger partial charge in [-0.25, -0.2) is 4.39 Å². The molecule has 1 aromatic heterocycles. The molecule has 1 aliphatic heterocycles. The molecule has 1 saturated heterocycles. The summed E-state index contributed by atoms with van der Waals surface area (Å²) in [5, 5.41) is 0. The molecule has 1 amide bonds. The number of carbonyl (C=O) groups is 3. The van der Waals surface area contributed by atoms with E-state index in [1.54, 1.807) is 24.4 Å². The molecule has 1 fully saturated rings. The van der Waals surface area contributed by atoms with Gasteiger partial charge in [0, 0.05) is 24.7 Å². The average Bonchev–Trinajstić information content (AvgIpc) is 2.93. The number of ketones is 2. The van der Waals surface area contributed by atoms with Crippen LogP contribution in [0.15, 0.2) is 48.7 Å². The number of halogens is 1. The number of amides is 1. The number of pyridine rings is 1. The maximum Gasteiger partial charge on any atom is 0.291 e. The van der Waals surface area contributed by atoms with Gasteiger partial charge in [0.05, 0.1) is 32.4 Å². The predicted molar refractivity (Wildman–Crippen MR) is 100 cm³/mol. The lowest BCUT2D eigenvalue weighted by Gasteiger charge is -2.26. The Kier molecular flexibility index (Phi) is 5.94. The zero-order chi connectivity index (χ0) is 20.3. The Bertz CT molecular complexity index is 868. The van der Waals surface area contributed by atoms with Crippen molar-refractivity contribution in [2.75, 3.05) is 27.2 Å². The Morgan fingerprint density at radius 3 is 2.46 bits per heavy atom. The van der Waals surface area contributed by atoms with Crippen molar-refractivity contribution in [3.05, 3.63) is 65.7 Å². The third-order valence-electron chi connectivity index (χ3n) is 4.88. The number of aromatic nitrogens is 1. The maximum atomic E-state index is 13.2. The van der Waals surface area contributed by atoms with Crippen molar-refractivity contribution < 1.29 is 23.7 Å². The molecule has 0 bridgehead atoms. The molecule has 28 heavy (non-hydrogen) atoms. The number of quaternary nitrogens is 1. The van der Waals surface area contributed by atoms with Gasteiger partial charge in [0.25, 0.3) is 5.91 Å². The topological polar surface area (TPSA) is 71.8 Å². The highest BCUT2D eigenvalue weighted by Crippen LogP contribution is 2.37. The van der Waals surface area contributed by atoms with E-state index in [-0.39, 0.29) is 5.56 Å². The second kappa shape index (κ2) is 8.39. The van der Waals surface area contributed by atoms with Gasteiger partial charge >= 0.3 is 0 Å². The molecule has 7 heteroatoms. The highest BCUT2D eigenvalue weighted by atomic mass is 19.1. The molecule has 2 atom stereocenters. The minimum Gasteiger partial charge on any atom is -0.340 e. The van der Waals surface area contributed by atoms with Gasteiger partial charge in [-0.1, -0.05) is 6.07 Å². The Balaban J connectivity index is 1.96. The number of hydrogen-bond acceptors (Lipinski definition) is 4. The Hall–Kier alpha value is -2.93. The zero-order valence-corrected chi connectivity index (χ0v) is 15.9. The Morgan fingerprint density at radius 2 is 1.86 bits per heavy atom. The number of carbonyl (C=O) groups excluding carboxylic acids is 3. The van der Waals surface area contributed by atoms with E-state index in [1.807, 2.05) is 14.1 Å². The van der Waals surface area contributed by atoms with E-state index in [0.29, 0.717) is 18.7 Å². The van der Waals surface area contributed by atoms with Gasteiger partial charge in [0.1, 0.15) is 11.7 Å². The first-order valence-corrected chi connectivity index (χ1v) is 9.24. The molecule has 1 aliphatic rings. The van der Waals surface area contributed by atoms with E-state index in [2.05, 4.69) is 4.98 Å². The number of likely N-dealkylation sites (tertiary alicyclic amines) is 1.